The van der Waals surface area contributed by atoms with E-state index in [9.17, 15) is 0 Å². The van der Waals surface area contributed by atoms with E-state index in [1.165, 1.54) is 15.6 Å². The van der Waals surface area contributed by atoms with Gasteiger partial charge in [0.1, 0.15) is 5.54 Å². The van der Waals surface area contributed by atoms with Crippen LogP contribution in [0, 0.1) is 11.3 Å². The molecule has 2 aromatic rings. The number of benzene rings is 1. The maximum atomic E-state index is 8.93. The van der Waals surface area contributed by atoms with Gasteiger partial charge in [-0.25, -0.2) is 0 Å². The van der Waals surface area contributed by atoms with Crippen molar-refractivity contribution >= 4 is 21.4 Å². The monoisotopic (exact) mass is 230 g/mol. The largest absolute Gasteiger partial charge is 0.296 e. The van der Waals surface area contributed by atoms with Crippen LogP contribution in [0.1, 0.15) is 19.4 Å². The fourth-order valence-electron chi connectivity index (χ4n) is 1.53. The molecule has 0 atom stereocenters. The zero-order chi connectivity index (χ0) is 11.6. The third-order valence-corrected chi connectivity index (χ3v) is 3.57. The van der Waals surface area contributed by atoms with E-state index in [0.717, 1.165) is 6.54 Å². The van der Waals surface area contributed by atoms with Crippen molar-refractivity contribution in [2.24, 2.45) is 0 Å². The number of thiophene rings is 1. The van der Waals surface area contributed by atoms with Crippen LogP contribution in [0.4, 0.5) is 0 Å². The number of nitrogens with zero attached hydrogens (tertiary/aromatic N) is 1. The number of nitriles is 1. The molecule has 1 aromatic carbocycles. The Balaban J connectivity index is 2.20. The Kier molecular flexibility index (Phi) is 2.95. The van der Waals surface area contributed by atoms with E-state index in [1.807, 2.05) is 19.9 Å². The summed E-state index contributed by atoms with van der Waals surface area (Å²) in [6.07, 6.45) is 0. The van der Waals surface area contributed by atoms with E-state index in [1.54, 1.807) is 11.3 Å². The quantitative estimate of drug-likeness (QED) is 0.878. The summed E-state index contributed by atoms with van der Waals surface area (Å²) in [5.74, 6) is 0. The summed E-state index contributed by atoms with van der Waals surface area (Å²) < 4.78 is 1.30. The third-order valence-electron chi connectivity index (χ3n) is 2.56. The van der Waals surface area contributed by atoms with Gasteiger partial charge in [0.05, 0.1) is 6.07 Å². The molecule has 0 bridgehead atoms. The van der Waals surface area contributed by atoms with Gasteiger partial charge in [-0.05, 0) is 36.2 Å². The van der Waals surface area contributed by atoms with Crippen LogP contribution in [0.15, 0.2) is 29.6 Å². The van der Waals surface area contributed by atoms with Gasteiger partial charge in [0.25, 0.3) is 0 Å². The van der Waals surface area contributed by atoms with E-state index in [4.69, 9.17) is 5.26 Å². The molecule has 1 aromatic heterocycles. The minimum absolute atomic E-state index is 0.469. The zero-order valence-corrected chi connectivity index (χ0v) is 10.3. The molecule has 2 rings (SSSR count). The van der Waals surface area contributed by atoms with Crippen LogP contribution < -0.4 is 5.32 Å². The SMILES string of the molecule is CC(C)(C#N)NCc1csc2ccccc12. The second kappa shape index (κ2) is 4.25. The summed E-state index contributed by atoms with van der Waals surface area (Å²) in [6.45, 7) is 4.52. The molecule has 0 aliphatic carbocycles. The summed E-state index contributed by atoms with van der Waals surface area (Å²) >= 11 is 1.75. The predicted molar refractivity (Wildman–Crippen MR) is 68.4 cm³/mol. The van der Waals surface area contributed by atoms with E-state index in [-0.39, 0.29) is 0 Å². The smallest absolute Gasteiger partial charge is 0.101 e. The first-order chi connectivity index (χ1) is 7.62. The third kappa shape index (κ3) is 2.24. The van der Waals surface area contributed by atoms with Gasteiger partial charge in [-0.15, -0.1) is 11.3 Å². The van der Waals surface area contributed by atoms with E-state index in [2.05, 4.69) is 35.0 Å². The second-order valence-corrected chi connectivity index (χ2v) is 5.26. The van der Waals surface area contributed by atoms with Crippen LogP contribution in [-0.4, -0.2) is 5.54 Å². The van der Waals surface area contributed by atoms with Gasteiger partial charge < -0.3 is 0 Å². The van der Waals surface area contributed by atoms with E-state index < -0.39 is 5.54 Å². The number of rotatable bonds is 3. The highest BCUT2D eigenvalue weighted by atomic mass is 32.1. The van der Waals surface area contributed by atoms with E-state index in [0.29, 0.717) is 0 Å². The molecule has 1 heterocycles. The summed E-state index contributed by atoms with van der Waals surface area (Å²) in [7, 11) is 0. The van der Waals surface area contributed by atoms with Crippen molar-refractivity contribution in [1.29, 1.82) is 5.26 Å². The first-order valence-electron chi connectivity index (χ1n) is 5.24. The molecule has 16 heavy (non-hydrogen) atoms. The molecule has 0 aliphatic rings. The lowest BCUT2D eigenvalue weighted by atomic mass is 10.1. The van der Waals surface area contributed by atoms with Crippen LogP contribution in [-0.2, 0) is 6.54 Å². The Morgan fingerprint density at radius 1 is 1.38 bits per heavy atom. The normalized spacial score (nSPS) is 11.6. The van der Waals surface area contributed by atoms with Crippen molar-refractivity contribution in [3.8, 4) is 6.07 Å². The topological polar surface area (TPSA) is 35.8 Å². The van der Waals surface area contributed by atoms with Crippen LogP contribution in [0.25, 0.3) is 10.1 Å². The molecule has 2 nitrogen and oxygen atoms in total. The first kappa shape index (κ1) is 11.1. The van der Waals surface area contributed by atoms with Crippen molar-refractivity contribution in [3.05, 3.63) is 35.2 Å². The molecule has 0 amide bonds. The Morgan fingerprint density at radius 3 is 2.88 bits per heavy atom. The highest BCUT2D eigenvalue weighted by molar-refractivity contribution is 7.17. The van der Waals surface area contributed by atoms with Gasteiger partial charge in [-0.1, -0.05) is 18.2 Å². The lowest BCUT2D eigenvalue weighted by molar-refractivity contribution is 0.487. The van der Waals surface area contributed by atoms with Crippen molar-refractivity contribution in [2.75, 3.05) is 0 Å². The first-order valence-corrected chi connectivity index (χ1v) is 6.12. The second-order valence-electron chi connectivity index (χ2n) is 4.35. The molecule has 0 spiro atoms. The molecule has 0 fully saturated rings. The maximum absolute atomic E-state index is 8.93. The number of hydrogen-bond donors (Lipinski definition) is 1. The Morgan fingerprint density at radius 2 is 2.12 bits per heavy atom. The fourth-order valence-corrected chi connectivity index (χ4v) is 2.49. The summed E-state index contributed by atoms with van der Waals surface area (Å²) in [4.78, 5) is 0. The average Bonchev–Trinajstić information content (AvgIpc) is 2.70. The maximum Gasteiger partial charge on any atom is 0.101 e. The van der Waals surface area contributed by atoms with Gasteiger partial charge in [0.2, 0.25) is 0 Å². The number of fused-ring (bicyclic) bond motifs is 1. The molecule has 1 N–H and O–H groups in total. The molecule has 0 saturated heterocycles. The summed E-state index contributed by atoms with van der Waals surface area (Å²) in [6, 6.07) is 10.6. The Bertz CT molecular complexity index is 534. The molecule has 0 unspecified atom stereocenters. The number of hydrogen-bond acceptors (Lipinski definition) is 3. The Hall–Kier alpha value is -1.37. The zero-order valence-electron chi connectivity index (χ0n) is 9.45. The average molecular weight is 230 g/mol. The highest BCUT2D eigenvalue weighted by Crippen LogP contribution is 2.25. The van der Waals surface area contributed by atoms with Crippen molar-refractivity contribution < 1.29 is 0 Å². The van der Waals surface area contributed by atoms with Gasteiger partial charge in [0, 0.05) is 11.2 Å². The van der Waals surface area contributed by atoms with Crippen LogP contribution in [0.2, 0.25) is 0 Å². The van der Waals surface area contributed by atoms with Crippen LogP contribution in [0.5, 0.6) is 0 Å². The lowest BCUT2D eigenvalue weighted by Gasteiger charge is -2.16. The summed E-state index contributed by atoms with van der Waals surface area (Å²) in [5.41, 5.74) is 0.798. The van der Waals surface area contributed by atoms with Gasteiger partial charge >= 0.3 is 0 Å². The molecular formula is C13H14N2S. The number of nitrogens with one attached hydrogen (secondary N) is 1. The van der Waals surface area contributed by atoms with Gasteiger partial charge in [-0.2, -0.15) is 5.26 Å². The molecular weight excluding hydrogens is 216 g/mol. The van der Waals surface area contributed by atoms with Crippen LogP contribution in [0.3, 0.4) is 0 Å². The van der Waals surface area contributed by atoms with Crippen molar-refractivity contribution in [3.63, 3.8) is 0 Å². The fraction of sp³-hybridized carbons (Fsp3) is 0.308. The summed E-state index contributed by atoms with van der Waals surface area (Å²) in [5, 5.41) is 15.6. The van der Waals surface area contributed by atoms with Crippen LogP contribution >= 0.6 is 11.3 Å². The van der Waals surface area contributed by atoms with Crippen molar-refractivity contribution in [2.45, 2.75) is 25.9 Å². The van der Waals surface area contributed by atoms with E-state index >= 15 is 0 Å². The Labute approximate surface area is 99.5 Å². The molecule has 0 saturated carbocycles. The molecule has 0 aliphatic heterocycles. The molecule has 82 valence electrons. The molecule has 0 radical (unpaired) electrons. The minimum atomic E-state index is -0.469. The van der Waals surface area contributed by atoms with Gasteiger partial charge in [-0.3, -0.25) is 5.32 Å². The highest BCUT2D eigenvalue weighted by Gasteiger charge is 2.15. The minimum Gasteiger partial charge on any atom is -0.296 e. The molecule has 3 heteroatoms. The standard InChI is InChI=1S/C13H14N2S/c1-13(2,9-14)15-7-10-8-16-12-6-4-3-5-11(10)12/h3-6,8,15H,7H2,1-2H3. The van der Waals surface area contributed by atoms with Crippen molar-refractivity contribution in [1.82, 2.24) is 5.32 Å². The van der Waals surface area contributed by atoms with Gasteiger partial charge in [0.15, 0.2) is 0 Å². The predicted octanol–water partition coefficient (Wildman–Crippen LogP) is 3.29. The lowest BCUT2D eigenvalue weighted by Crippen LogP contribution is -2.36.